The largest absolute Gasteiger partial charge is 0.497 e. The van der Waals surface area contributed by atoms with Crippen molar-refractivity contribution in [3.05, 3.63) is 70.3 Å². The van der Waals surface area contributed by atoms with Gasteiger partial charge in [-0.25, -0.2) is 4.39 Å². The Hall–Kier alpha value is -2.97. The summed E-state index contributed by atoms with van der Waals surface area (Å²) < 4.78 is 18.4. The number of nitrogens with one attached hydrogen (secondary N) is 2. The molecular weight excluding hydrogens is 415 g/mol. The summed E-state index contributed by atoms with van der Waals surface area (Å²) >= 11 is 5.62. The van der Waals surface area contributed by atoms with E-state index >= 15 is 0 Å². The summed E-state index contributed by atoms with van der Waals surface area (Å²) in [6, 6.07) is 13.5. The highest BCUT2D eigenvalue weighted by molar-refractivity contribution is 7.80. The average molecular weight is 443 g/mol. The standard InChI is InChI=1S/C23H27FN4O2S/c1-27(2)11-4-12-28(23(31)25-19-8-6-18(24)7-9-19)15-17-13-16-5-10-20(30-3)14-21(16)26-22(17)29/h5-10,13-14H,4,11-12,15H2,1-3H3,(H,25,31)(H,26,29). The van der Waals surface area contributed by atoms with Crippen LogP contribution in [0.15, 0.2) is 53.3 Å². The minimum atomic E-state index is -0.307. The number of methoxy groups -OCH3 is 1. The first kappa shape index (κ1) is 22.7. The lowest BCUT2D eigenvalue weighted by molar-refractivity contribution is 0.346. The van der Waals surface area contributed by atoms with Crippen molar-refractivity contribution in [1.29, 1.82) is 0 Å². The molecule has 0 unspecified atom stereocenters. The molecule has 2 N–H and O–H groups in total. The number of H-pyrrole nitrogens is 1. The molecule has 0 aliphatic carbocycles. The maximum absolute atomic E-state index is 13.2. The number of nitrogens with zero attached hydrogens (tertiary/aromatic N) is 2. The van der Waals surface area contributed by atoms with Crippen molar-refractivity contribution in [2.45, 2.75) is 13.0 Å². The molecule has 3 aromatic rings. The van der Waals surface area contributed by atoms with E-state index < -0.39 is 0 Å². The van der Waals surface area contributed by atoms with E-state index in [-0.39, 0.29) is 11.4 Å². The van der Waals surface area contributed by atoms with Gasteiger partial charge in [0, 0.05) is 23.9 Å². The van der Waals surface area contributed by atoms with Crippen LogP contribution in [0.2, 0.25) is 0 Å². The number of thiocarbonyl (C=S) groups is 1. The molecule has 3 rings (SSSR count). The van der Waals surface area contributed by atoms with Gasteiger partial charge < -0.3 is 24.8 Å². The maximum atomic E-state index is 13.2. The van der Waals surface area contributed by atoms with E-state index in [0.29, 0.717) is 35.2 Å². The molecule has 0 saturated carbocycles. The fourth-order valence-electron chi connectivity index (χ4n) is 3.24. The van der Waals surface area contributed by atoms with E-state index in [1.807, 2.05) is 37.2 Å². The highest BCUT2D eigenvalue weighted by atomic mass is 32.1. The van der Waals surface area contributed by atoms with Crippen LogP contribution >= 0.6 is 12.2 Å². The third kappa shape index (κ3) is 6.26. The summed E-state index contributed by atoms with van der Waals surface area (Å²) in [5, 5.41) is 4.55. The molecular formula is C23H27FN4O2S. The zero-order chi connectivity index (χ0) is 22.4. The number of pyridine rings is 1. The summed E-state index contributed by atoms with van der Waals surface area (Å²) in [6.45, 7) is 1.92. The molecule has 0 saturated heterocycles. The van der Waals surface area contributed by atoms with Crippen LogP contribution in [0.5, 0.6) is 5.75 Å². The third-order valence-corrected chi connectivity index (χ3v) is 5.27. The fourth-order valence-corrected chi connectivity index (χ4v) is 3.52. The zero-order valence-corrected chi connectivity index (χ0v) is 18.8. The number of hydrogen-bond donors (Lipinski definition) is 2. The van der Waals surface area contributed by atoms with Crippen LogP contribution in [0.3, 0.4) is 0 Å². The van der Waals surface area contributed by atoms with E-state index in [0.717, 1.165) is 23.9 Å². The third-order valence-electron chi connectivity index (χ3n) is 4.91. The number of fused-ring (bicyclic) bond motifs is 1. The van der Waals surface area contributed by atoms with Crippen molar-refractivity contribution >= 4 is 33.9 Å². The Kier molecular flexibility index (Phi) is 7.59. The van der Waals surface area contributed by atoms with Gasteiger partial charge in [0.15, 0.2) is 5.11 Å². The molecule has 0 aliphatic rings. The lowest BCUT2D eigenvalue weighted by Gasteiger charge is -2.26. The highest BCUT2D eigenvalue weighted by Gasteiger charge is 2.14. The molecule has 1 aromatic heterocycles. The van der Waals surface area contributed by atoms with E-state index in [9.17, 15) is 9.18 Å². The minimum absolute atomic E-state index is 0.164. The van der Waals surface area contributed by atoms with E-state index in [2.05, 4.69) is 15.2 Å². The maximum Gasteiger partial charge on any atom is 0.253 e. The summed E-state index contributed by atoms with van der Waals surface area (Å²) in [5.74, 6) is 0.379. The second-order valence-corrected chi connectivity index (χ2v) is 7.98. The van der Waals surface area contributed by atoms with Crippen molar-refractivity contribution in [2.24, 2.45) is 0 Å². The van der Waals surface area contributed by atoms with Gasteiger partial charge in [-0.1, -0.05) is 0 Å². The van der Waals surface area contributed by atoms with Gasteiger partial charge in [-0.2, -0.15) is 0 Å². The molecule has 0 bridgehead atoms. The number of aromatic amines is 1. The molecule has 2 aromatic carbocycles. The van der Waals surface area contributed by atoms with Crippen LogP contribution in [0.4, 0.5) is 10.1 Å². The first-order valence-corrected chi connectivity index (χ1v) is 10.4. The predicted octanol–water partition coefficient (Wildman–Crippen LogP) is 3.83. The van der Waals surface area contributed by atoms with Gasteiger partial charge in [0.25, 0.3) is 5.56 Å². The summed E-state index contributed by atoms with van der Waals surface area (Å²) in [6.07, 6.45) is 0.876. The normalized spacial score (nSPS) is 11.0. The molecule has 0 atom stereocenters. The molecule has 0 radical (unpaired) electrons. The van der Waals surface area contributed by atoms with E-state index in [4.69, 9.17) is 17.0 Å². The van der Waals surface area contributed by atoms with Crippen molar-refractivity contribution in [1.82, 2.24) is 14.8 Å². The van der Waals surface area contributed by atoms with E-state index in [1.165, 1.54) is 12.1 Å². The van der Waals surface area contributed by atoms with Crippen LogP contribution in [-0.2, 0) is 6.54 Å². The Morgan fingerprint density at radius 2 is 1.87 bits per heavy atom. The molecule has 31 heavy (non-hydrogen) atoms. The molecule has 1 heterocycles. The monoisotopic (exact) mass is 442 g/mol. The van der Waals surface area contributed by atoms with Crippen LogP contribution < -0.4 is 15.6 Å². The van der Waals surface area contributed by atoms with Gasteiger partial charge in [-0.3, -0.25) is 4.79 Å². The summed E-state index contributed by atoms with van der Waals surface area (Å²) in [7, 11) is 5.62. The average Bonchev–Trinajstić information content (AvgIpc) is 2.74. The molecule has 164 valence electrons. The summed E-state index contributed by atoms with van der Waals surface area (Å²) in [5.41, 5.74) is 1.87. The molecule has 0 aliphatic heterocycles. The van der Waals surface area contributed by atoms with Crippen LogP contribution in [0, 0.1) is 5.82 Å². The van der Waals surface area contributed by atoms with Crippen LogP contribution in [-0.4, -0.2) is 54.2 Å². The minimum Gasteiger partial charge on any atom is -0.497 e. The number of rotatable bonds is 8. The van der Waals surface area contributed by atoms with Crippen molar-refractivity contribution in [2.75, 3.05) is 39.6 Å². The lowest BCUT2D eigenvalue weighted by Crippen LogP contribution is -2.37. The first-order chi connectivity index (χ1) is 14.9. The Labute approximate surface area is 186 Å². The second kappa shape index (κ2) is 10.4. The van der Waals surface area contributed by atoms with Gasteiger partial charge >= 0.3 is 0 Å². The number of halogens is 1. The van der Waals surface area contributed by atoms with Crippen LogP contribution in [0.1, 0.15) is 12.0 Å². The summed E-state index contributed by atoms with van der Waals surface area (Å²) in [4.78, 5) is 19.7. The highest BCUT2D eigenvalue weighted by Crippen LogP contribution is 2.19. The Morgan fingerprint density at radius 3 is 2.55 bits per heavy atom. The van der Waals surface area contributed by atoms with Gasteiger partial charge in [0.2, 0.25) is 0 Å². The molecule has 0 spiro atoms. The molecule has 0 amide bonds. The lowest BCUT2D eigenvalue weighted by atomic mass is 10.1. The Balaban J connectivity index is 1.82. The van der Waals surface area contributed by atoms with Gasteiger partial charge in [-0.15, -0.1) is 0 Å². The van der Waals surface area contributed by atoms with E-state index in [1.54, 1.807) is 25.3 Å². The smallest absolute Gasteiger partial charge is 0.253 e. The second-order valence-electron chi connectivity index (χ2n) is 7.59. The number of anilines is 1. The van der Waals surface area contributed by atoms with Gasteiger partial charge in [0.1, 0.15) is 11.6 Å². The number of hydrogen-bond acceptors (Lipinski definition) is 4. The van der Waals surface area contributed by atoms with Crippen molar-refractivity contribution < 1.29 is 9.13 Å². The van der Waals surface area contributed by atoms with Gasteiger partial charge in [0.05, 0.1) is 19.2 Å². The molecule has 6 nitrogen and oxygen atoms in total. The molecule has 0 fully saturated rings. The van der Waals surface area contributed by atoms with Crippen molar-refractivity contribution in [3.8, 4) is 5.75 Å². The Morgan fingerprint density at radius 1 is 1.13 bits per heavy atom. The Bertz CT molecular complexity index is 1100. The fraction of sp³-hybridized carbons (Fsp3) is 0.304. The first-order valence-electron chi connectivity index (χ1n) is 10.0. The number of ether oxygens (including phenoxy) is 1. The predicted molar refractivity (Wildman–Crippen MR) is 127 cm³/mol. The number of aromatic nitrogens is 1. The zero-order valence-electron chi connectivity index (χ0n) is 17.9. The molecule has 8 heteroatoms. The topological polar surface area (TPSA) is 60.6 Å². The quantitative estimate of drug-likeness (QED) is 0.517. The SMILES string of the molecule is COc1ccc2cc(CN(CCCN(C)C)C(=S)Nc3ccc(F)cc3)c(=O)[nH]c2c1. The van der Waals surface area contributed by atoms with Crippen LogP contribution in [0.25, 0.3) is 10.9 Å². The van der Waals surface area contributed by atoms with Gasteiger partial charge in [-0.05, 0) is 87.1 Å². The number of benzene rings is 2. The van der Waals surface area contributed by atoms with Crippen molar-refractivity contribution in [3.63, 3.8) is 0 Å².